The molecule has 6 nitrogen and oxygen atoms in total. The molecule has 1 saturated carbocycles. The minimum Gasteiger partial charge on any atom is -0.464 e. The number of sulfone groups is 1. The highest BCUT2D eigenvalue weighted by Crippen LogP contribution is 2.24. The van der Waals surface area contributed by atoms with Crippen LogP contribution in [0.15, 0.2) is 28.3 Å². The Labute approximate surface area is 140 Å². The van der Waals surface area contributed by atoms with Crippen molar-refractivity contribution < 1.29 is 22.8 Å². The van der Waals surface area contributed by atoms with E-state index in [2.05, 4.69) is 5.16 Å². The van der Waals surface area contributed by atoms with E-state index in [9.17, 15) is 13.2 Å². The minimum absolute atomic E-state index is 0.0103. The summed E-state index contributed by atoms with van der Waals surface area (Å²) in [5, 5.41) is 3.93. The molecule has 23 heavy (non-hydrogen) atoms. The van der Waals surface area contributed by atoms with Crippen LogP contribution in [0, 0.1) is 0 Å². The van der Waals surface area contributed by atoms with Gasteiger partial charge in [-0.15, -0.1) is 0 Å². The lowest BCUT2D eigenvalue weighted by Gasteiger charge is -2.10. The third kappa shape index (κ3) is 4.45. The third-order valence-corrected chi connectivity index (χ3v) is 5.16. The van der Waals surface area contributed by atoms with Gasteiger partial charge in [-0.1, -0.05) is 22.8 Å². The molecule has 126 valence electrons. The zero-order valence-corrected chi connectivity index (χ0v) is 14.5. The van der Waals surface area contributed by atoms with Crippen LogP contribution in [0.25, 0.3) is 0 Å². The van der Waals surface area contributed by atoms with Crippen LogP contribution in [-0.4, -0.2) is 39.6 Å². The first-order valence-electron chi connectivity index (χ1n) is 7.15. The maximum Gasteiger partial charge on any atom is 0.360 e. The normalized spacial score (nSPS) is 16.4. The number of carbonyl (C=O) groups excluding carboxylic acids is 1. The number of rotatable bonds is 5. The molecule has 1 fully saturated rings. The van der Waals surface area contributed by atoms with Crippen molar-refractivity contribution in [3.05, 3.63) is 28.8 Å². The van der Waals surface area contributed by atoms with E-state index in [-0.39, 0.29) is 21.7 Å². The average molecular weight is 360 g/mol. The van der Waals surface area contributed by atoms with Gasteiger partial charge in [0.25, 0.3) is 0 Å². The summed E-state index contributed by atoms with van der Waals surface area (Å²) in [6.45, 7) is 0. The summed E-state index contributed by atoms with van der Waals surface area (Å²) in [6.07, 6.45) is 4.98. The van der Waals surface area contributed by atoms with Gasteiger partial charge in [0, 0.05) is 11.8 Å². The average Bonchev–Trinajstić information content (AvgIpc) is 2.99. The Hall–Kier alpha value is -1.60. The molecule has 8 heteroatoms. The number of hydrogen-bond donors (Lipinski definition) is 0. The molecule has 1 aliphatic carbocycles. The van der Waals surface area contributed by atoms with Crippen molar-refractivity contribution in [2.75, 3.05) is 13.4 Å². The minimum atomic E-state index is -3.45. The highest BCUT2D eigenvalue weighted by atomic mass is 35.5. The zero-order valence-electron chi connectivity index (χ0n) is 12.9. The van der Waals surface area contributed by atoms with Crippen molar-refractivity contribution in [1.82, 2.24) is 0 Å². The second kappa shape index (κ2) is 7.31. The van der Waals surface area contributed by atoms with Crippen LogP contribution in [0.1, 0.15) is 31.2 Å². The molecule has 1 aromatic carbocycles. The van der Waals surface area contributed by atoms with Crippen molar-refractivity contribution in [1.29, 1.82) is 0 Å². The molecule has 0 aromatic heterocycles. The lowest BCUT2D eigenvalue weighted by atomic mass is 10.1. The third-order valence-electron chi connectivity index (χ3n) is 3.58. The second-order valence-corrected chi connectivity index (χ2v) is 7.75. The van der Waals surface area contributed by atoms with Crippen molar-refractivity contribution >= 4 is 33.1 Å². The number of methoxy groups -OCH3 is 1. The van der Waals surface area contributed by atoms with Crippen molar-refractivity contribution in [2.45, 2.75) is 36.7 Å². The molecule has 2 rings (SSSR count). The zero-order chi connectivity index (χ0) is 17.0. The predicted octanol–water partition coefficient (Wildman–Crippen LogP) is 2.58. The Morgan fingerprint density at radius 3 is 2.48 bits per heavy atom. The molecular weight excluding hydrogens is 342 g/mol. The molecule has 0 aliphatic heterocycles. The van der Waals surface area contributed by atoms with Gasteiger partial charge in [-0.3, -0.25) is 0 Å². The van der Waals surface area contributed by atoms with E-state index in [1.807, 2.05) is 0 Å². The fourth-order valence-corrected chi connectivity index (χ4v) is 3.70. The lowest BCUT2D eigenvalue weighted by molar-refractivity contribution is -0.132. The highest BCUT2D eigenvalue weighted by molar-refractivity contribution is 7.90. The number of esters is 1. The van der Waals surface area contributed by atoms with Gasteiger partial charge in [0.15, 0.2) is 15.5 Å². The van der Waals surface area contributed by atoms with Gasteiger partial charge in [-0.05, 0) is 37.8 Å². The predicted molar refractivity (Wildman–Crippen MR) is 86.5 cm³/mol. The number of carbonyl (C=O) groups is 1. The first-order valence-corrected chi connectivity index (χ1v) is 9.42. The van der Waals surface area contributed by atoms with Crippen LogP contribution in [0.4, 0.5) is 0 Å². The molecule has 0 N–H and O–H groups in total. The van der Waals surface area contributed by atoms with E-state index in [1.54, 1.807) is 0 Å². The van der Waals surface area contributed by atoms with Gasteiger partial charge in [0.1, 0.15) is 6.10 Å². The monoisotopic (exact) mass is 359 g/mol. The first kappa shape index (κ1) is 17.7. The summed E-state index contributed by atoms with van der Waals surface area (Å²) in [5.41, 5.74) is 0.300. The molecule has 1 aliphatic rings. The van der Waals surface area contributed by atoms with E-state index in [0.29, 0.717) is 5.56 Å². The fraction of sp³-hybridized carbons (Fsp3) is 0.467. The van der Waals surface area contributed by atoms with Crippen molar-refractivity contribution in [3.8, 4) is 0 Å². The van der Waals surface area contributed by atoms with Crippen LogP contribution in [-0.2, 0) is 24.2 Å². The van der Waals surface area contributed by atoms with Crippen LogP contribution in [0.5, 0.6) is 0 Å². The SMILES string of the molecule is COC(=O)/C(=N/OC1CCCC1)c1ccc(S(C)(=O)=O)c(Cl)c1. The van der Waals surface area contributed by atoms with Crippen LogP contribution >= 0.6 is 11.6 Å². The quantitative estimate of drug-likeness (QED) is 0.458. The van der Waals surface area contributed by atoms with Crippen molar-refractivity contribution in [3.63, 3.8) is 0 Å². The number of benzene rings is 1. The molecule has 0 radical (unpaired) electrons. The number of halogens is 1. The number of nitrogens with zero attached hydrogens (tertiary/aromatic N) is 1. The van der Waals surface area contributed by atoms with Gasteiger partial charge in [-0.2, -0.15) is 0 Å². The van der Waals surface area contributed by atoms with E-state index >= 15 is 0 Å². The number of oxime groups is 1. The highest BCUT2D eigenvalue weighted by Gasteiger charge is 2.22. The maximum atomic E-state index is 11.9. The lowest BCUT2D eigenvalue weighted by Crippen LogP contribution is -2.19. The molecule has 0 amide bonds. The summed E-state index contributed by atoms with van der Waals surface area (Å²) in [6, 6.07) is 4.16. The molecule has 1 aromatic rings. The number of ether oxygens (including phenoxy) is 1. The molecule has 0 saturated heterocycles. The largest absolute Gasteiger partial charge is 0.464 e. The maximum absolute atomic E-state index is 11.9. The van der Waals surface area contributed by atoms with Crippen LogP contribution < -0.4 is 0 Å². The molecule has 0 unspecified atom stereocenters. The fourth-order valence-electron chi connectivity index (χ4n) is 2.37. The summed E-state index contributed by atoms with van der Waals surface area (Å²) >= 11 is 6.01. The van der Waals surface area contributed by atoms with E-state index in [0.717, 1.165) is 31.9 Å². The molecular formula is C15H18ClNO5S. The van der Waals surface area contributed by atoms with E-state index in [4.69, 9.17) is 21.2 Å². The smallest absolute Gasteiger partial charge is 0.360 e. The van der Waals surface area contributed by atoms with Crippen LogP contribution in [0.3, 0.4) is 0 Å². The topological polar surface area (TPSA) is 82.0 Å². The Morgan fingerprint density at radius 2 is 1.96 bits per heavy atom. The van der Waals surface area contributed by atoms with Crippen molar-refractivity contribution in [2.24, 2.45) is 5.16 Å². The second-order valence-electron chi connectivity index (χ2n) is 5.36. The summed E-state index contributed by atoms with van der Waals surface area (Å²) in [7, 11) is -2.21. The Balaban J connectivity index is 2.34. The molecule has 0 atom stereocenters. The van der Waals surface area contributed by atoms with Gasteiger partial charge in [-0.25, -0.2) is 13.2 Å². The Bertz CT molecular complexity index is 723. The van der Waals surface area contributed by atoms with E-state index < -0.39 is 15.8 Å². The summed E-state index contributed by atoms with van der Waals surface area (Å²) in [5.74, 6) is -0.675. The van der Waals surface area contributed by atoms with E-state index in [1.165, 1.54) is 25.3 Å². The summed E-state index contributed by atoms with van der Waals surface area (Å²) < 4.78 is 27.9. The molecule has 0 spiro atoms. The van der Waals surface area contributed by atoms with Gasteiger partial charge in [0.05, 0.1) is 17.0 Å². The Morgan fingerprint density at radius 1 is 1.30 bits per heavy atom. The Kier molecular flexibility index (Phi) is 5.64. The summed E-state index contributed by atoms with van der Waals surface area (Å²) in [4.78, 5) is 17.3. The number of hydrogen-bond acceptors (Lipinski definition) is 6. The van der Waals surface area contributed by atoms with Gasteiger partial charge >= 0.3 is 5.97 Å². The standard InChI is InChI=1S/C15H18ClNO5S/c1-21-15(18)14(17-22-11-5-3-4-6-11)10-7-8-13(12(16)9-10)23(2,19)20/h7-9,11H,3-6H2,1-2H3/b17-14+. The van der Waals surface area contributed by atoms with Crippen LogP contribution in [0.2, 0.25) is 5.02 Å². The first-order chi connectivity index (χ1) is 10.8. The molecule has 0 bridgehead atoms. The van der Waals surface area contributed by atoms with Gasteiger partial charge < -0.3 is 9.57 Å². The molecule has 0 heterocycles. The van der Waals surface area contributed by atoms with Gasteiger partial charge in [0.2, 0.25) is 0 Å².